The molecule has 4 heterocycles. The van der Waals surface area contributed by atoms with Gasteiger partial charge in [-0.1, -0.05) is 60.7 Å². The fraction of sp³-hybridized carbons (Fsp3) is 0.229. The number of nitrogens with zero attached hydrogens (tertiary/aromatic N) is 5. The number of hydrogen-bond donors (Lipinski definition) is 1. The van der Waals surface area contributed by atoms with Gasteiger partial charge in [0.15, 0.2) is 11.3 Å². The Hall–Kier alpha value is -4.95. The summed E-state index contributed by atoms with van der Waals surface area (Å²) in [5.74, 6) is -0.482. The second-order valence-electron chi connectivity index (χ2n) is 12.3. The van der Waals surface area contributed by atoms with Crippen molar-refractivity contribution in [1.82, 2.24) is 24.5 Å². The van der Waals surface area contributed by atoms with E-state index in [9.17, 15) is 14.7 Å². The Bertz CT molecular complexity index is 2010. The first-order valence-electron chi connectivity index (χ1n) is 14.5. The van der Waals surface area contributed by atoms with Crippen LogP contribution >= 0.6 is 0 Å². The molecule has 0 saturated heterocycles. The zero-order chi connectivity index (χ0) is 29.5. The van der Waals surface area contributed by atoms with Crippen molar-refractivity contribution in [3.63, 3.8) is 0 Å². The maximum atomic E-state index is 13.6. The van der Waals surface area contributed by atoms with Crippen LogP contribution in [0.15, 0.2) is 91.2 Å². The van der Waals surface area contributed by atoms with Crippen molar-refractivity contribution in [2.75, 3.05) is 0 Å². The molecule has 8 rings (SSSR count). The molecular weight excluding hydrogens is 538 g/mol. The van der Waals surface area contributed by atoms with Gasteiger partial charge < -0.3 is 5.11 Å². The summed E-state index contributed by atoms with van der Waals surface area (Å²) in [6.45, 7) is 3.69. The number of pyridine rings is 1. The molecular formula is C35H29N5O3. The number of amides is 2. The van der Waals surface area contributed by atoms with Gasteiger partial charge in [-0.25, -0.2) is 9.97 Å². The zero-order valence-electron chi connectivity index (χ0n) is 23.9. The monoisotopic (exact) mass is 567 g/mol. The number of aliphatic hydroxyl groups is 1. The summed E-state index contributed by atoms with van der Waals surface area (Å²) in [6, 6.07) is 19.0. The quantitative estimate of drug-likeness (QED) is 0.272. The van der Waals surface area contributed by atoms with Gasteiger partial charge in [-0.05, 0) is 49.6 Å². The van der Waals surface area contributed by atoms with Crippen molar-refractivity contribution in [3.05, 3.63) is 119 Å². The molecule has 2 aromatic carbocycles. The van der Waals surface area contributed by atoms with E-state index in [1.54, 1.807) is 35.7 Å². The van der Waals surface area contributed by atoms with Gasteiger partial charge in [-0.2, -0.15) is 9.61 Å². The molecule has 1 aliphatic heterocycles. The van der Waals surface area contributed by atoms with E-state index in [0.717, 1.165) is 51.2 Å². The van der Waals surface area contributed by atoms with Crippen LogP contribution in [-0.2, 0) is 5.54 Å². The van der Waals surface area contributed by atoms with E-state index in [2.05, 4.69) is 40.5 Å². The molecule has 1 saturated carbocycles. The molecule has 212 valence electrons. The van der Waals surface area contributed by atoms with Gasteiger partial charge in [-0.3, -0.25) is 14.5 Å². The Balaban J connectivity index is 1.25. The lowest BCUT2D eigenvalue weighted by atomic mass is 9.61. The van der Waals surface area contributed by atoms with E-state index < -0.39 is 11.1 Å². The maximum absolute atomic E-state index is 13.6. The van der Waals surface area contributed by atoms with Gasteiger partial charge in [0, 0.05) is 42.0 Å². The van der Waals surface area contributed by atoms with Gasteiger partial charge in [0.05, 0.1) is 33.7 Å². The van der Waals surface area contributed by atoms with Crippen LogP contribution in [0.25, 0.3) is 27.9 Å². The van der Waals surface area contributed by atoms with Gasteiger partial charge in [0.25, 0.3) is 11.8 Å². The Morgan fingerprint density at radius 3 is 2.33 bits per heavy atom. The standard InChI is InChI=1S/C35H29N5O3/c1-21-16-29-36-18-24-17-28(22-8-4-3-5-9-22)30(37-31(24)40(29)38-21)23-12-14-25(15-13-23)35(19-34(2,43)20-35)39-32(41)26-10-6-7-11-27(26)33(39)42/h3-8,10-18,22,43H,9,19-20H2,1-2H3. The largest absolute Gasteiger partial charge is 0.390 e. The van der Waals surface area contributed by atoms with Crippen molar-refractivity contribution in [2.45, 2.75) is 50.2 Å². The normalized spacial score (nSPS) is 24.6. The topological polar surface area (TPSA) is 101 Å². The number of benzene rings is 2. The molecule has 1 N–H and O–H groups in total. The van der Waals surface area contributed by atoms with E-state index in [0.29, 0.717) is 11.1 Å². The third-order valence-corrected chi connectivity index (χ3v) is 9.05. The molecule has 1 fully saturated rings. The summed E-state index contributed by atoms with van der Waals surface area (Å²) >= 11 is 0. The molecule has 3 aliphatic rings. The smallest absolute Gasteiger partial charge is 0.262 e. The molecule has 8 heteroatoms. The summed E-state index contributed by atoms with van der Waals surface area (Å²) < 4.78 is 1.79. The van der Waals surface area contributed by atoms with Crippen LogP contribution in [0.4, 0.5) is 0 Å². The Kier molecular flexibility index (Phi) is 5.40. The minimum absolute atomic E-state index is 0.151. The van der Waals surface area contributed by atoms with Gasteiger partial charge in [-0.15, -0.1) is 0 Å². The highest BCUT2D eigenvalue weighted by atomic mass is 16.3. The van der Waals surface area contributed by atoms with Crippen molar-refractivity contribution in [2.24, 2.45) is 0 Å². The highest BCUT2D eigenvalue weighted by Gasteiger charge is 2.60. The molecule has 0 spiro atoms. The Morgan fingerprint density at radius 2 is 1.67 bits per heavy atom. The fourth-order valence-corrected chi connectivity index (χ4v) is 7.21. The SMILES string of the molecule is Cc1cc2ncc3cc(C4C=CC=CC4)c(-c4ccc(C5(N6C(=O)c7ccccc7C6=O)CC(C)(O)C5)cc4)nc3n2n1. The Labute approximate surface area is 248 Å². The number of hydrogen-bond acceptors (Lipinski definition) is 6. The van der Waals surface area contributed by atoms with E-state index in [1.165, 1.54) is 4.90 Å². The average Bonchev–Trinajstić information content (AvgIpc) is 3.52. The molecule has 0 radical (unpaired) electrons. The molecule has 3 aromatic heterocycles. The highest BCUT2D eigenvalue weighted by molar-refractivity contribution is 6.22. The van der Waals surface area contributed by atoms with Gasteiger partial charge in [0.2, 0.25) is 0 Å². The van der Waals surface area contributed by atoms with Crippen LogP contribution in [0.1, 0.15) is 69.6 Å². The van der Waals surface area contributed by atoms with Crippen LogP contribution < -0.4 is 0 Å². The van der Waals surface area contributed by atoms with Gasteiger partial charge >= 0.3 is 0 Å². The van der Waals surface area contributed by atoms with Crippen LogP contribution in [0.5, 0.6) is 0 Å². The van der Waals surface area contributed by atoms with Crippen molar-refractivity contribution >= 4 is 28.5 Å². The Morgan fingerprint density at radius 1 is 0.953 bits per heavy atom. The molecule has 43 heavy (non-hydrogen) atoms. The third kappa shape index (κ3) is 3.83. The van der Waals surface area contributed by atoms with E-state index in [4.69, 9.17) is 4.98 Å². The number of aromatic nitrogens is 4. The summed E-state index contributed by atoms with van der Waals surface area (Å²) in [6.07, 6.45) is 11.7. The number of fused-ring (bicyclic) bond motifs is 4. The first-order valence-corrected chi connectivity index (χ1v) is 14.5. The predicted octanol–water partition coefficient (Wildman–Crippen LogP) is 5.89. The molecule has 5 aromatic rings. The van der Waals surface area contributed by atoms with Crippen LogP contribution in [0, 0.1) is 6.92 Å². The number of aryl methyl sites for hydroxylation is 1. The minimum atomic E-state index is -0.983. The number of allylic oxidation sites excluding steroid dienone is 4. The van der Waals surface area contributed by atoms with E-state index in [1.807, 2.05) is 43.5 Å². The summed E-state index contributed by atoms with van der Waals surface area (Å²) in [5.41, 5.74) is 4.91. The van der Waals surface area contributed by atoms with E-state index >= 15 is 0 Å². The lowest BCUT2D eigenvalue weighted by Crippen LogP contribution is -2.63. The first-order chi connectivity index (χ1) is 20.7. The van der Waals surface area contributed by atoms with Crippen LogP contribution in [0.3, 0.4) is 0 Å². The van der Waals surface area contributed by atoms with E-state index in [-0.39, 0.29) is 30.6 Å². The zero-order valence-corrected chi connectivity index (χ0v) is 23.9. The highest BCUT2D eigenvalue weighted by Crippen LogP contribution is 2.54. The van der Waals surface area contributed by atoms with Crippen molar-refractivity contribution < 1.29 is 14.7 Å². The molecule has 2 aliphatic carbocycles. The number of carbonyl (C=O) groups is 2. The summed E-state index contributed by atoms with van der Waals surface area (Å²) in [4.78, 5) is 38.3. The number of imide groups is 1. The number of rotatable bonds is 4. The number of carbonyl (C=O) groups excluding carboxylic acids is 2. The van der Waals surface area contributed by atoms with Crippen LogP contribution in [-0.4, -0.2) is 47.0 Å². The molecule has 1 atom stereocenters. The van der Waals surface area contributed by atoms with Crippen molar-refractivity contribution in [1.29, 1.82) is 0 Å². The second kappa shape index (κ2) is 9.02. The average molecular weight is 568 g/mol. The fourth-order valence-electron chi connectivity index (χ4n) is 7.21. The molecule has 1 unspecified atom stereocenters. The second-order valence-corrected chi connectivity index (χ2v) is 12.3. The predicted molar refractivity (Wildman–Crippen MR) is 163 cm³/mol. The van der Waals surface area contributed by atoms with Crippen molar-refractivity contribution in [3.8, 4) is 11.3 Å². The van der Waals surface area contributed by atoms with Gasteiger partial charge in [0.1, 0.15) is 0 Å². The van der Waals surface area contributed by atoms with Crippen LogP contribution in [0.2, 0.25) is 0 Å². The summed E-state index contributed by atoms with van der Waals surface area (Å²) in [5, 5.41) is 16.4. The molecule has 2 amide bonds. The lowest BCUT2D eigenvalue weighted by molar-refractivity contribution is -0.118. The maximum Gasteiger partial charge on any atom is 0.262 e. The molecule has 0 bridgehead atoms. The third-order valence-electron chi connectivity index (χ3n) is 9.05. The summed E-state index contributed by atoms with van der Waals surface area (Å²) in [7, 11) is 0. The first kappa shape index (κ1) is 25.7. The lowest BCUT2D eigenvalue weighted by Gasteiger charge is -2.55. The molecule has 8 nitrogen and oxygen atoms in total. The minimum Gasteiger partial charge on any atom is -0.390 e.